The highest BCUT2D eigenvalue weighted by Crippen LogP contribution is 2.26. The minimum absolute atomic E-state index is 0.0903. The second-order valence-electron chi connectivity index (χ2n) is 5.91. The number of rotatable bonds is 6. The number of nitrogens with zero attached hydrogens (tertiary/aromatic N) is 1. The lowest BCUT2D eigenvalue weighted by Crippen LogP contribution is -2.45. The first-order valence-electron chi connectivity index (χ1n) is 8.67. The zero-order valence-electron chi connectivity index (χ0n) is 14.4. The normalized spacial score (nSPS) is 14.9. The Kier molecular flexibility index (Phi) is 6.30. The van der Waals surface area contributed by atoms with Gasteiger partial charge in [-0.25, -0.2) is 4.79 Å². The third-order valence-electron chi connectivity index (χ3n) is 4.23. The predicted octanol–water partition coefficient (Wildman–Crippen LogP) is 4.36. The van der Waals surface area contributed by atoms with Crippen LogP contribution in [0.25, 0.3) is 0 Å². The van der Waals surface area contributed by atoms with E-state index < -0.39 is 0 Å². The number of carbonyl (C=O) groups excluding carboxylic acids is 1. The summed E-state index contributed by atoms with van der Waals surface area (Å²) >= 11 is 1.67. The van der Waals surface area contributed by atoms with Crippen molar-refractivity contribution in [3.63, 3.8) is 0 Å². The molecule has 1 N–H and O–H groups in total. The Bertz CT molecular complexity index is 669. The van der Waals surface area contributed by atoms with E-state index in [-0.39, 0.29) is 12.1 Å². The van der Waals surface area contributed by atoms with Crippen molar-refractivity contribution in [2.24, 2.45) is 0 Å². The van der Waals surface area contributed by atoms with Crippen LogP contribution >= 0.6 is 11.3 Å². The van der Waals surface area contributed by atoms with Crippen LogP contribution < -0.4 is 10.1 Å². The van der Waals surface area contributed by atoms with Gasteiger partial charge in [0.05, 0.1) is 18.8 Å². The molecule has 1 saturated heterocycles. The molecule has 5 nitrogen and oxygen atoms in total. The van der Waals surface area contributed by atoms with Crippen molar-refractivity contribution in [2.45, 2.75) is 32.4 Å². The van der Waals surface area contributed by atoms with Gasteiger partial charge in [-0.05, 0) is 43.3 Å². The van der Waals surface area contributed by atoms with Gasteiger partial charge >= 0.3 is 6.03 Å². The maximum absolute atomic E-state index is 13.0. The Morgan fingerprint density at radius 1 is 1.28 bits per heavy atom. The highest BCUT2D eigenvalue weighted by Gasteiger charge is 2.26. The van der Waals surface area contributed by atoms with Gasteiger partial charge in [-0.1, -0.05) is 18.2 Å². The van der Waals surface area contributed by atoms with E-state index in [9.17, 15) is 4.79 Å². The fourth-order valence-corrected chi connectivity index (χ4v) is 3.67. The number of hydrogen-bond donors (Lipinski definition) is 1. The van der Waals surface area contributed by atoms with Crippen molar-refractivity contribution in [1.82, 2.24) is 4.90 Å². The van der Waals surface area contributed by atoms with Gasteiger partial charge in [0.25, 0.3) is 0 Å². The molecular weight excluding hydrogens is 336 g/mol. The summed E-state index contributed by atoms with van der Waals surface area (Å²) in [6.07, 6.45) is 1.73. The first kappa shape index (κ1) is 17.8. The number of benzene rings is 1. The molecule has 0 saturated carbocycles. The molecule has 1 aliphatic heterocycles. The van der Waals surface area contributed by atoms with E-state index >= 15 is 0 Å². The molecule has 0 aliphatic carbocycles. The van der Waals surface area contributed by atoms with Crippen molar-refractivity contribution in [3.8, 4) is 5.75 Å². The van der Waals surface area contributed by atoms with E-state index in [2.05, 4.69) is 11.4 Å². The van der Waals surface area contributed by atoms with Crippen LogP contribution in [0, 0.1) is 0 Å². The molecule has 1 aliphatic rings. The van der Waals surface area contributed by atoms with E-state index in [0.717, 1.165) is 12.8 Å². The number of nitrogens with one attached hydrogen (secondary N) is 1. The first-order valence-corrected chi connectivity index (χ1v) is 9.55. The van der Waals surface area contributed by atoms with Gasteiger partial charge in [0.1, 0.15) is 5.75 Å². The predicted molar refractivity (Wildman–Crippen MR) is 100 cm³/mol. The number of hydrogen-bond acceptors (Lipinski definition) is 4. The fraction of sp³-hybridized carbons (Fsp3) is 0.421. The first-order chi connectivity index (χ1) is 12.3. The summed E-state index contributed by atoms with van der Waals surface area (Å²) in [5.41, 5.74) is 0.706. The van der Waals surface area contributed by atoms with Crippen LogP contribution in [0.3, 0.4) is 0 Å². The molecule has 25 heavy (non-hydrogen) atoms. The van der Waals surface area contributed by atoms with E-state index in [1.54, 1.807) is 11.3 Å². The quantitative estimate of drug-likeness (QED) is 0.833. The van der Waals surface area contributed by atoms with E-state index in [0.29, 0.717) is 37.8 Å². The molecule has 2 aromatic rings. The molecule has 6 heteroatoms. The number of urea groups is 1. The number of para-hydroxylation sites is 2. The maximum Gasteiger partial charge on any atom is 0.322 e. The SMILES string of the molecule is CCOc1ccccc1NC(=O)N(Cc1cccs1)C1CCOCC1. The maximum atomic E-state index is 13.0. The van der Waals surface area contributed by atoms with E-state index in [1.807, 2.05) is 47.5 Å². The zero-order chi connectivity index (χ0) is 17.5. The standard InChI is InChI=1S/C19H24N2O3S/c1-2-24-18-8-4-3-7-17(18)20-19(22)21(14-16-6-5-13-25-16)15-9-11-23-12-10-15/h3-8,13,15H,2,9-12,14H2,1H3,(H,20,22). The molecule has 3 rings (SSSR count). The minimum atomic E-state index is -0.0903. The van der Waals surface area contributed by atoms with E-state index in [1.165, 1.54) is 4.88 Å². The largest absolute Gasteiger partial charge is 0.492 e. The summed E-state index contributed by atoms with van der Waals surface area (Å²) in [6.45, 7) is 4.52. The average Bonchev–Trinajstić information content (AvgIpc) is 3.15. The second-order valence-corrected chi connectivity index (χ2v) is 6.94. The molecule has 2 heterocycles. The number of amides is 2. The van der Waals surface area contributed by atoms with Crippen molar-refractivity contribution in [2.75, 3.05) is 25.1 Å². The van der Waals surface area contributed by atoms with Crippen LogP contribution in [-0.4, -0.2) is 36.8 Å². The molecule has 1 aromatic heterocycles. The summed E-state index contributed by atoms with van der Waals surface area (Å²) in [7, 11) is 0. The molecule has 0 atom stereocenters. The summed E-state index contributed by atoms with van der Waals surface area (Å²) in [5, 5.41) is 5.07. The number of anilines is 1. The summed E-state index contributed by atoms with van der Waals surface area (Å²) in [5.74, 6) is 0.696. The lowest BCUT2D eigenvalue weighted by molar-refractivity contribution is 0.0462. The fourth-order valence-electron chi connectivity index (χ4n) is 2.97. The third kappa shape index (κ3) is 4.74. The van der Waals surface area contributed by atoms with Gasteiger partial charge in [-0.3, -0.25) is 0 Å². The van der Waals surface area contributed by atoms with Gasteiger partial charge in [0, 0.05) is 24.1 Å². The molecule has 134 valence electrons. The molecule has 1 fully saturated rings. The van der Waals surface area contributed by atoms with Crippen LogP contribution in [0.1, 0.15) is 24.6 Å². The lowest BCUT2D eigenvalue weighted by Gasteiger charge is -2.34. The summed E-state index contributed by atoms with van der Waals surface area (Å²) in [6, 6.07) is 11.7. The van der Waals surface area contributed by atoms with Gasteiger partial charge in [-0.2, -0.15) is 0 Å². The third-order valence-corrected chi connectivity index (χ3v) is 5.09. The monoisotopic (exact) mass is 360 g/mol. The minimum Gasteiger partial charge on any atom is -0.492 e. The number of ether oxygens (including phenoxy) is 2. The topological polar surface area (TPSA) is 50.8 Å². The van der Waals surface area contributed by atoms with Gasteiger partial charge in [-0.15, -0.1) is 11.3 Å². The smallest absolute Gasteiger partial charge is 0.322 e. The molecule has 1 aromatic carbocycles. The van der Waals surface area contributed by atoms with Gasteiger partial charge in [0.2, 0.25) is 0 Å². The highest BCUT2D eigenvalue weighted by atomic mass is 32.1. The Morgan fingerprint density at radius 3 is 2.80 bits per heavy atom. The van der Waals surface area contributed by atoms with Crippen LogP contribution in [-0.2, 0) is 11.3 Å². The van der Waals surface area contributed by atoms with Gasteiger partial charge < -0.3 is 19.7 Å². The highest BCUT2D eigenvalue weighted by molar-refractivity contribution is 7.09. The van der Waals surface area contributed by atoms with Crippen LogP contribution in [0.15, 0.2) is 41.8 Å². The molecule has 0 spiro atoms. The molecule has 0 bridgehead atoms. The molecule has 0 unspecified atom stereocenters. The van der Waals surface area contributed by atoms with Crippen molar-refractivity contribution < 1.29 is 14.3 Å². The molecule has 0 radical (unpaired) electrons. The van der Waals surface area contributed by atoms with Crippen LogP contribution in [0.4, 0.5) is 10.5 Å². The van der Waals surface area contributed by atoms with Gasteiger partial charge in [0.15, 0.2) is 0 Å². The summed E-state index contributed by atoms with van der Waals surface area (Å²) in [4.78, 5) is 16.1. The average molecular weight is 360 g/mol. The Hall–Kier alpha value is -2.05. The zero-order valence-corrected chi connectivity index (χ0v) is 15.3. The van der Waals surface area contributed by atoms with Crippen molar-refractivity contribution in [3.05, 3.63) is 46.7 Å². The van der Waals surface area contributed by atoms with E-state index in [4.69, 9.17) is 9.47 Å². The molecular formula is C19H24N2O3S. The van der Waals surface area contributed by atoms with Crippen LogP contribution in [0.2, 0.25) is 0 Å². The summed E-state index contributed by atoms with van der Waals surface area (Å²) < 4.78 is 11.1. The van der Waals surface area contributed by atoms with Crippen molar-refractivity contribution >= 4 is 23.1 Å². The second kappa shape index (κ2) is 8.87. The Morgan fingerprint density at radius 2 is 2.08 bits per heavy atom. The Balaban J connectivity index is 1.76. The molecule has 2 amide bonds. The Labute approximate surface area is 152 Å². The van der Waals surface area contributed by atoms with Crippen LogP contribution in [0.5, 0.6) is 5.75 Å². The lowest BCUT2D eigenvalue weighted by atomic mass is 10.1. The number of carbonyl (C=O) groups is 1. The number of thiophene rings is 1. The van der Waals surface area contributed by atoms with Crippen molar-refractivity contribution in [1.29, 1.82) is 0 Å².